The summed E-state index contributed by atoms with van der Waals surface area (Å²) in [5.74, 6) is -3.12. The lowest BCUT2D eigenvalue weighted by Gasteiger charge is -1.98. The van der Waals surface area contributed by atoms with Crippen LogP contribution in [0.3, 0.4) is 0 Å². The van der Waals surface area contributed by atoms with Crippen molar-refractivity contribution >= 4 is 23.9 Å². The van der Waals surface area contributed by atoms with Crippen LogP contribution in [0.2, 0.25) is 0 Å². The van der Waals surface area contributed by atoms with E-state index in [4.69, 9.17) is 20.4 Å². The van der Waals surface area contributed by atoms with E-state index in [0.717, 1.165) is 38.5 Å². The van der Waals surface area contributed by atoms with E-state index in [1.54, 1.807) is 0 Å². The van der Waals surface area contributed by atoms with Crippen molar-refractivity contribution < 1.29 is 39.6 Å². The average molecular weight is 362 g/mol. The summed E-state index contributed by atoms with van der Waals surface area (Å²) in [5, 5.41) is 33.1. The largest absolute Gasteiger partial charge is 0.481 e. The standard InChI is InChI=1S/C10H18O4.C7H12O4/c11-9(12)7-5-3-1-2-4-6-8-10(13)14;8-6(9)4-2-1-3-5-7(10)11/h1-8H2,(H,11,12)(H,13,14);1-5H2,(H,8,9)(H,10,11). The molecule has 8 nitrogen and oxygen atoms in total. The Morgan fingerprint density at radius 3 is 0.720 bits per heavy atom. The molecule has 4 N–H and O–H groups in total. The van der Waals surface area contributed by atoms with Crippen molar-refractivity contribution in [3.63, 3.8) is 0 Å². The van der Waals surface area contributed by atoms with Crippen LogP contribution in [0.25, 0.3) is 0 Å². The molecule has 0 aromatic rings. The minimum Gasteiger partial charge on any atom is -0.481 e. The van der Waals surface area contributed by atoms with Crippen molar-refractivity contribution in [2.24, 2.45) is 0 Å². The average Bonchev–Trinajstić information content (AvgIpc) is 2.49. The lowest BCUT2D eigenvalue weighted by molar-refractivity contribution is -0.138. The summed E-state index contributed by atoms with van der Waals surface area (Å²) in [7, 11) is 0. The minimum absolute atomic E-state index is 0.139. The Hall–Kier alpha value is -2.12. The van der Waals surface area contributed by atoms with Gasteiger partial charge in [-0.05, 0) is 25.7 Å². The Morgan fingerprint density at radius 1 is 0.360 bits per heavy atom. The molecule has 0 fully saturated rings. The zero-order valence-corrected chi connectivity index (χ0v) is 14.6. The molecule has 8 heteroatoms. The van der Waals surface area contributed by atoms with Crippen LogP contribution in [0.1, 0.15) is 83.5 Å². The molecule has 0 aliphatic carbocycles. The molecule has 25 heavy (non-hydrogen) atoms. The Morgan fingerprint density at radius 2 is 0.520 bits per heavy atom. The predicted octanol–water partition coefficient (Wildman–Crippen LogP) is 3.38. The molecule has 0 amide bonds. The van der Waals surface area contributed by atoms with Gasteiger partial charge in [0.15, 0.2) is 0 Å². The molecule has 0 aromatic heterocycles. The van der Waals surface area contributed by atoms with Crippen LogP contribution in [0.4, 0.5) is 0 Å². The number of carbonyl (C=O) groups is 4. The van der Waals surface area contributed by atoms with Gasteiger partial charge in [-0.2, -0.15) is 0 Å². The van der Waals surface area contributed by atoms with E-state index in [-0.39, 0.29) is 25.7 Å². The minimum atomic E-state index is -0.819. The molecule has 146 valence electrons. The van der Waals surface area contributed by atoms with Crippen molar-refractivity contribution in [2.75, 3.05) is 0 Å². The fourth-order valence-electron chi connectivity index (χ4n) is 1.99. The number of carboxylic acids is 4. The zero-order chi connectivity index (χ0) is 19.5. The highest BCUT2D eigenvalue weighted by molar-refractivity contribution is 5.67. The van der Waals surface area contributed by atoms with Gasteiger partial charge in [0.1, 0.15) is 0 Å². The fourth-order valence-corrected chi connectivity index (χ4v) is 1.99. The maximum Gasteiger partial charge on any atom is 0.303 e. The number of hydrogen-bond donors (Lipinski definition) is 4. The second-order valence-corrected chi connectivity index (χ2v) is 5.76. The SMILES string of the molecule is O=C(O)CCCCCC(=O)O.O=C(O)CCCCCCCCC(=O)O. The quantitative estimate of drug-likeness (QED) is 0.324. The molecule has 0 unspecified atom stereocenters. The van der Waals surface area contributed by atoms with Crippen LogP contribution in [0.5, 0.6) is 0 Å². The van der Waals surface area contributed by atoms with Crippen molar-refractivity contribution in [1.29, 1.82) is 0 Å². The normalized spacial score (nSPS) is 9.76. The first kappa shape index (κ1) is 25.1. The highest BCUT2D eigenvalue weighted by Gasteiger charge is 1.99. The fraction of sp³-hybridized carbons (Fsp3) is 0.765. The van der Waals surface area contributed by atoms with Gasteiger partial charge in [-0.1, -0.05) is 32.1 Å². The van der Waals surface area contributed by atoms with Crippen molar-refractivity contribution in [3.05, 3.63) is 0 Å². The molecular formula is C17H30O8. The van der Waals surface area contributed by atoms with E-state index < -0.39 is 23.9 Å². The Kier molecular flexibility index (Phi) is 18.3. The molecule has 0 aliphatic heterocycles. The summed E-state index contributed by atoms with van der Waals surface area (Å²) in [5.41, 5.74) is 0. The van der Waals surface area contributed by atoms with E-state index in [1.807, 2.05) is 0 Å². The first-order valence-corrected chi connectivity index (χ1v) is 8.63. The Balaban J connectivity index is 0. The van der Waals surface area contributed by atoms with E-state index in [2.05, 4.69) is 0 Å². The van der Waals surface area contributed by atoms with Crippen LogP contribution in [-0.4, -0.2) is 44.3 Å². The summed E-state index contributed by atoms with van der Waals surface area (Å²) < 4.78 is 0. The third kappa shape index (κ3) is 30.3. The number of rotatable bonds is 15. The van der Waals surface area contributed by atoms with E-state index >= 15 is 0 Å². The topological polar surface area (TPSA) is 149 Å². The molecule has 0 bridgehead atoms. The monoisotopic (exact) mass is 362 g/mol. The molecule has 0 aromatic carbocycles. The van der Waals surface area contributed by atoms with Crippen LogP contribution in [0.15, 0.2) is 0 Å². The maximum absolute atomic E-state index is 10.1. The summed E-state index contributed by atoms with van der Waals surface area (Å²) >= 11 is 0. The van der Waals surface area contributed by atoms with Gasteiger partial charge >= 0.3 is 23.9 Å². The van der Waals surface area contributed by atoms with Gasteiger partial charge in [-0.15, -0.1) is 0 Å². The van der Waals surface area contributed by atoms with Crippen LogP contribution >= 0.6 is 0 Å². The highest BCUT2D eigenvalue weighted by atomic mass is 16.4. The van der Waals surface area contributed by atoms with Crippen LogP contribution in [-0.2, 0) is 19.2 Å². The third-order valence-corrected chi connectivity index (χ3v) is 3.31. The number of aliphatic carboxylic acids is 4. The number of unbranched alkanes of at least 4 members (excludes halogenated alkanes) is 7. The van der Waals surface area contributed by atoms with Gasteiger partial charge in [0.2, 0.25) is 0 Å². The number of hydrogen-bond acceptors (Lipinski definition) is 4. The lowest BCUT2D eigenvalue weighted by Crippen LogP contribution is -1.96. The van der Waals surface area contributed by atoms with Gasteiger partial charge in [0.25, 0.3) is 0 Å². The molecule has 0 saturated carbocycles. The Labute approximate surface area is 147 Å². The van der Waals surface area contributed by atoms with Gasteiger partial charge in [0, 0.05) is 25.7 Å². The second-order valence-electron chi connectivity index (χ2n) is 5.76. The predicted molar refractivity (Wildman–Crippen MR) is 90.6 cm³/mol. The third-order valence-electron chi connectivity index (χ3n) is 3.31. The molecule has 0 rings (SSSR count). The van der Waals surface area contributed by atoms with Crippen molar-refractivity contribution in [2.45, 2.75) is 83.5 Å². The highest BCUT2D eigenvalue weighted by Crippen LogP contribution is 2.08. The van der Waals surface area contributed by atoms with E-state index in [1.165, 1.54) is 0 Å². The summed E-state index contributed by atoms with van der Waals surface area (Å²) in [4.78, 5) is 40.2. The van der Waals surface area contributed by atoms with E-state index in [9.17, 15) is 19.2 Å². The van der Waals surface area contributed by atoms with Crippen LogP contribution < -0.4 is 0 Å². The molecule has 0 radical (unpaired) electrons. The number of carboxylic acid groups (broad SMARTS) is 4. The molecule has 0 atom stereocenters. The first-order valence-electron chi connectivity index (χ1n) is 8.63. The summed E-state index contributed by atoms with van der Waals surface area (Å²) in [6.07, 6.45) is 7.92. The van der Waals surface area contributed by atoms with Crippen molar-refractivity contribution in [3.8, 4) is 0 Å². The lowest BCUT2D eigenvalue weighted by atomic mass is 10.1. The molecule has 0 heterocycles. The van der Waals surface area contributed by atoms with Crippen molar-refractivity contribution in [1.82, 2.24) is 0 Å². The van der Waals surface area contributed by atoms with Gasteiger partial charge in [-0.3, -0.25) is 19.2 Å². The first-order chi connectivity index (χ1) is 11.8. The molecule has 0 saturated heterocycles. The summed E-state index contributed by atoms with van der Waals surface area (Å²) in [6.45, 7) is 0. The Bertz CT molecular complexity index is 356. The summed E-state index contributed by atoms with van der Waals surface area (Å²) in [6, 6.07) is 0. The molecule has 0 aliphatic rings. The van der Waals surface area contributed by atoms with Gasteiger partial charge in [-0.25, -0.2) is 0 Å². The van der Waals surface area contributed by atoms with Gasteiger partial charge < -0.3 is 20.4 Å². The van der Waals surface area contributed by atoms with E-state index in [0.29, 0.717) is 19.3 Å². The van der Waals surface area contributed by atoms with Crippen LogP contribution in [0, 0.1) is 0 Å². The van der Waals surface area contributed by atoms with Gasteiger partial charge in [0.05, 0.1) is 0 Å². The molecule has 0 spiro atoms. The maximum atomic E-state index is 10.1. The smallest absolute Gasteiger partial charge is 0.303 e. The second kappa shape index (κ2) is 18.2. The zero-order valence-electron chi connectivity index (χ0n) is 14.6. The molecular weight excluding hydrogens is 332 g/mol.